The number of benzene rings is 2. The fourth-order valence-corrected chi connectivity index (χ4v) is 6.33. The fraction of sp³-hybridized carbons (Fsp3) is 0.606. The van der Waals surface area contributed by atoms with Gasteiger partial charge in [-0.1, -0.05) is 18.2 Å². The van der Waals surface area contributed by atoms with E-state index in [0.717, 1.165) is 12.1 Å². The molecule has 3 heterocycles. The van der Waals surface area contributed by atoms with Crippen LogP contribution < -0.4 is 5.73 Å². The Morgan fingerprint density at radius 2 is 1.27 bits per heavy atom. The Morgan fingerprint density at radius 1 is 0.727 bits per heavy atom. The van der Waals surface area contributed by atoms with Gasteiger partial charge in [-0.2, -0.15) is 0 Å². The molecule has 0 aromatic heterocycles. The fourth-order valence-electron chi connectivity index (χ4n) is 6.33. The predicted molar refractivity (Wildman–Crippen MR) is 178 cm³/mol. The summed E-state index contributed by atoms with van der Waals surface area (Å²) in [7, 11) is 0. The summed E-state index contributed by atoms with van der Waals surface area (Å²) in [6.45, 7) is -2.78. The normalized spacial score (nSPS) is 36.6. The lowest BCUT2D eigenvalue weighted by Gasteiger charge is -2.48. The van der Waals surface area contributed by atoms with Gasteiger partial charge in [0.15, 0.2) is 30.7 Å². The second-order valence-electron chi connectivity index (χ2n) is 13.0. The van der Waals surface area contributed by atoms with Gasteiger partial charge in [-0.05, 0) is 30.2 Å². The molecule has 0 saturated carbocycles. The quantitative estimate of drug-likeness (QED) is 0.0374. The van der Waals surface area contributed by atoms with Crippen LogP contribution in [0.2, 0.25) is 0 Å². The number of para-hydroxylation sites is 1. The van der Waals surface area contributed by atoms with Crippen molar-refractivity contribution in [1.82, 2.24) is 0 Å². The van der Waals surface area contributed by atoms with Gasteiger partial charge in [0.05, 0.1) is 36.9 Å². The lowest BCUT2D eigenvalue weighted by Crippen LogP contribution is -2.67. The highest BCUT2D eigenvalue weighted by molar-refractivity contribution is 5.95. The molecule has 0 spiro atoms. The number of hydrogen-bond donors (Lipinski definition) is 11. The molecule has 15 atom stereocenters. The van der Waals surface area contributed by atoms with Crippen molar-refractivity contribution in [2.75, 3.05) is 32.2 Å². The largest absolute Gasteiger partial charge is 0.502 e. The summed E-state index contributed by atoms with van der Waals surface area (Å²) in [6, 6.07) is 9.44. The zero-order valence-electron chi connectivity index (χ0n) is 28.8. The number of aliphatic hydroxyl groups excluding tert-OH is 9. The van der Waals surface area contributed by atoms with E-state index in [0.29, 0.717) is 5.56 Å². The summed E-state index contributed by atoms with van der Waals surface area (Å²) in [5, 5.41) is 116. The van der Waals surface area contributed by atoms with E-state index in [4.69, 9.17) is 38.9 Å². The van der Waals surface area contributed by atoms with Crippen molar-refractivity contribution < 1.29 is 93.9 Å². The average Bonchev–Trinajstić information content (AvgIpc) is 3.17. The third-order valence-corrected chi connectivity index (χ3v) is 9.38. The Bertz CT molecular complexity index is 1600. The summed E-state index contributed by atoms with van der Waals surface area (Å²) >= 11 is 0. The van der Waals surface area contributed by atoms with Crippen molar-refractivity contribution in [3.8, 4) is 5.75 Å². The molecule has 12 N–H and O–H groups in total. The zero-order valence-corrected chi connectivity index (χ0v) is 28.8. The highest BCUT2D eigenvalue weighted by Crippen LogP contribution is 2.34. The summed E-state index contributed by atoms with van der Waals surface area (Å²) in [6.07, 6.45) is -26.3. The van der Waals surface area contributed by atoms with Gasteiger partial charge >= 0.3 is 11.7 Å². The van der Waals surface area contributed by atoms with Crippen LogP contribution in [0.25, 0.3) is 0 Å². The molecule has 0 aliphatic carbocycles. The highest BCUT2D eigenvalue weighted by Gasteiger charge is 2.54. The lowest BCUT2D eigenvalue weighted by molar-refractivity contribution is -0.385. The number of aromatic hydroxyl groups is 1. The second kappa shape index (κ2) is 18.5. The minimum atomic E-state index is -2.04. The molecule has 306 valence electrons. The van der Waals surface area contributed by atoms with Crippen LogP contribution in [-0.4, -0.2) is 181 Å². The van der Waals surface area contributed by atoms with Crippen molar-refractivity contribution in [1.29, 1.82) is 0 Å². The monoisotopic (exact) mass is 788 g/mol. The number of nitrogen functional groups attached to an aromatic ring is 1. The molecule has 3 fully saturated rings. The highest BCUT2D eigenvalue weighted by atomic mass is 16.8. The van der Waals surface area contributed by atoms with E-state index in [2.05, 4.69) is 0 Å². The molecule has 2 aromatic carbocycles. The van der Waals surface area contributed by atoms with Crippen LogP contribution in [0.4, 0.5) is 11.4 Å². The molecule has 3 aliphatic rings. The van der Waals surface area contributed by atoms with E-state index in [1.807, 2.05) is 0 Å². The Balaban J connectivity index is 1.24. The van der Waals surface area contributed by atoms with Gasteiger partial charge in [-0.15, -0.1) is 0 Å². The first-order chi connectivity index (χ1) is 26.2. The van der Waals surface area contributed by atoms with Gasteiger partial charge in [-0.25, -0.2) is 4.79 Å². The number of phenols is 1. The molecular weight excluding hydrogens is 744 g/mol. The van der Waals surface area contributed by atoms with Crippen LogP contribution in [0.3, 0.4) is 0 Å². The topological polar surface area (TPSA) is 353 Å². The number of nitro benzene ring substituents is 1. The van der Waals surface area contributed by atoms with E-state index in [-0.39, 0.29) is 24.3 Å². The van der Waals surface area contributed by atoms with Crippen LogP contribution in [-0.2, 0) is 39.6 Å². The number of ether oxygens (including phenoxy) is 7. The van der Waals surface area contributed by atoms with Crippen LogP contribution in [0.1, 0.15) is 15.9 Å². The molecule has 3 saturated heterocycles. The molecule has 22 heteroatoms. The zero-order chi connectivity index (χ0) is 40.1. The Kier molecular flexibility index (Phi) is 14.3. The standard InChI is InChI=1S/C33H44N2O20/c34-15-4-2-1-3-14(15)30(46)53-29-22(41)21(40)18(10-36)50-33(29)55-28-20(12-38)52-32(26(45)24(28)43)54-27-19(11-37)51-31(25(44)23(27)42)49-8-7-13-5-6-17(39)16(9-13)35(47)48/h1-6,9,18-29,31-33,36-45H,7-8,10-12,34H2/t18-,19-,20-,21-,22+,23-,24-,25-,26-,27-,28-,29-,31-,32+,33+/m1/s1. The minimum Gasteiger partial charge on any atom is -0.502 e. The SMILES string of the molecule is Nc1ccccc1C(=O)O[C@H]1[C@H](O[C@H]2[C@H](O)[C@@H](O)[C@H](O[C@H]3[C@H](O)[C@@H](O)[C@H](OCCc4ccc(O)c([N+](=O)[O-])c4)O[C@@H]3CO)O[C@@H]2CO)O[C@H](CO)[C@@H](O)[C@@H]1O. The van der Waals surface area contributed by atoms with E-state index in [1.54, 1.807) is 6.07 Å². The molecular formula is C33H44N2O20. The summed E-state index contributed by atoms with van der Waals surface area (Å²) in [5.41, 5.74) is 5.62. The summed E-state index contributed by atoms with van der Waals surface area (Å²) in [4.78, 5) is 23.3. The van der Waals surface area contributed by atoms with Crippen LogP contribution in [0.5, 0.6) is 5.75 Å². The maximum Gasteiger partial charge on any atom is 0.340 e. The molecule has 0 unspecified atom stereocenters. The molecule has 3 aliphatic heterocycles. The number of nitrogens with zero attached hydrogens (tertiary/aromatic N) is 1. The third kappa shape index (κ3) is 9.31. The average molecular weight is 789 g/mol. The van der Waals surface area contributed by atoms with Gasteiger partial charge < -0.3 is 90.0 Å². The smallest absolute Gasteiger partial charge is 0.340 e. The number of phenolic OH excluding ortho intramolecular Hbond substituents is 1. The molecule has 5 rings (SSSR count). The number of nitro groups is 1. The van der Waals surface area contributed by atoms with E-state index in [9.17, 15) is 66.0 Å². The van der Waals surface area contributed by atoms with E-state index >= 15 is 0 Å². The van der Waals surface area contributed by atoms with Crippen LogP contribution in [0.15, 0.2) is 42.5 Å². The maximum atomic E-state index is 13.0. The first-order valence-corrected chi connectivity index (χ1v) is 17.0. The summed E-state index contributed by atoms with van der Waals surface area (Å²) in [5.74, 6) is -1.60. The first kappa shape index (κ1) is 42.5. The number of rotatable bonds is 14. The number of esters is 1. The Hall–Kier alpha value is -3.69. The first-order valence-electron chi connectivity index (χ1n) is 17.0. The number of carbonyl (C=O) groups is 1. The van der Waals surface area contributed by atoms with Gasteiger partial charge in [0.2, 0.25) is 0 Å². The summed E-state index contributed by atoms with van der Waals surface area (Å²) < 4.78 is 39.2. The number of carbonyl (C=O) groups excluding carboxylic acids is 1. The van der Waals surface area contributed by atoms with Crippen molar-refractivity contribution in [3.63, 3.8) is 0 Å². The van der Waals surface area contributed by atoms with Crippen molar-refractivity contribution in [2.24, 2.45) is 0 Å². The number of hydrogen-bond acceptors (Lipinski definition) is 21. The van der Waals surface area contributed by atoms with E-state index < -0.39 is 134 Å². The molecule has 0 bridgehead atoms. The molecule has 0 radical (unpaired) electrons. The molecule has 55 heavy (non-hydrogen) atoms. The van der Waals surface area contributed by atoms with Crippen molar-refractivity contribution in [3.05, 3.63) is 63.7 Å². The molecule has 22 nitrogen and oxygen atoms in total. The molecule has 2 aromatic rings. The predicted octanol–water partition coefficient (Wildman–Crippen LogP) is -4.25. The van der Waals surface area contributed by atoms with Crippen LogP contribution in [0, 0.1) is 10.1 Å². The maximum absolute atomic E-state index is 13.0. The molecule has 0 amide bonds. The van der Waals surface area contributed by atoms with Gasteiger partial charge in [0, 0.05) is 11.8 Å². The van der Waals surface area contributed by atoms with Crippen LogP contribution >= 0.6 is 0 Å². The van der Waals surface area contributed by atoms with Gasteiger partial charge in [-0.3, -0.25) is 10.1 Å². The van der Waals surface area contributed by atoms with E-state index in [1.165, 1.54) is 24.3 Å². The van der Waals surface area contributed by atoms with Crippen molar-refractivity contribution in [2.45, 2.75) is 98.5 Å². The number of nitrogens with two attached hydrogens (primary N) is 1. The lowest BCUT2D eigenvalue weighted by atomic mass is 9.96. The second-order valence-corrected chi connectivity index (χ2v) is 13.0. The van der Waals surface area contributed by atoms with Gasteiger partial charge in [0.1, 0.15) is 67.1 Å². The Labute approximate surface area is 311 Å². The van der Waals surface area contributed by atoms with Gasteiger partial charge in [0.25, 0.3) is 0 Å². The minimum absolute atomic E-state index is 0.0174. The third-order valence-electron chi connectivity index (χ3n) is 9.38. The number of aliphatic hydroxyl groups is 9. The number of anilines is 1. The Morgan fingerprint density at radius 3 is 1.87 bits per heavy atom. The van der Waals surface area contributed by atoms with Crippen molar-refractivity contribution >= 4 is 17.3 Å².